The third-order valence-corrected chi connectivity index (χ3v) is 2.72. The minimum atomic E-state index is 0.748. The molecule has 3 heteroatoms. The Balaban J connectivity index is 2.78. The standard InChI is InChI=1S/C13H21N3/c1-5-8-9-14-10-11-12(6-2)15-16(4)13(11)7-3/h14H,6-7,9-10H2,1-4H3. The molecule has 88 valence electrons. The molecule has 0 aliphatic carbocycles. The van der Waals surface area contributed by atoms with E-state index in [1.807, 2.05) is 18.7 Å². The summed E-state index contributed by atoms with van der Waals surface area (Å²) in [6, 6.07) is 0. The Hall–Kier alpha value is -1.27. The third-order valence-electron chi connectivity index (χ3n) is 2.72. The van der Waals surface area contributed by atoms with Crippen LogP contribution in [0.2, 0.25) is 0 Å². The molecule has 16 heavy (non-hydrogen) atoms. The quantitative estimate of drug-likeness (QED) is 0.603. The Morgan fingerprint density at radius 2 is 2.06 bits per heavy atom. The van der Waals surface area contributed by atoms with Crippen LogP contribution in [0, 0.1) is 11.8 Å². The highest BCUT2D eigenvalue weighted by Crippen LogP contribution is 2.14. The van der Waals surface area contributed by atoms with Crippen LogP contribution in [0.15, 0.2) is 0 Å². The van der Waals surface area contributed by atoms with Crippen molar-refractivity contribution in [3.8, 4) is 11.8 Å². The van der Waals surface area contributed by atoms with Gasteiger partial charge in [0.25, 0.3) is 0 Å². The van der Waals surface area contributed by atoms with Crippen molar-refractivity contribution in [2.75, 3.05) is 6.54 Å². The van der Waals surface area contributed by atoms with Gasteiger partial charge in [0.15, 0.2) is 0 Å². The van der Waals surface area contributed by atoms with E-state index in [-0.39, 0.29) is 0 Å². The minimum absolute atomic E-state index is 0.748. The fourth-order valence-corrected chi connectivity index (χ4v) is 1.93. The Labute approximate surface area is 98.2 Å². The van der Waals surface area contributed by atoms with Crippen molar-refractivity contribution in [2.45, 2.75) is 40.2 Å². The summed E-state index contributed by atoms with van der Waals surface area (Å²) in [5, 5.41) is 7.88. The number of hydrogen-bond acceptors (Lipinski definition) is 2. The zero-order valence-electron chi connectivity index (χ0n) is 10.7. The van der Waals surface area contributed by atoms with E-state index in [4.69, 9.17) is 0 Å². The second-order valence-electron chi connectivity index (χ2n) is 3.73. The van der Waals surface area contributed by atoms with Crippen molar-refractivity contribution >= 4 is 0 Å². The van der Waals surface area contributed by atoms with Crippen molar-refractivity contribution in [3.63, 3.8) is 0 Å². The molecule has 0 radical (unpaired) electrons. The fourth-order valence-electron chi connectivity index (χ4n) is 1.93. The molecule has 1 aromatic rings. The number of hydrogen-bond donors (Lipinski definition) is 1. The van der Waals surface area contributed by atoms with Crippen LogP contribution in [0.1, 0.15) is 37.7 Å². The van der Waals surface area contributed by atoms with Gasteiger partial charge in [0.05, 0.1) is 12.2 Å². The lowest BCUT2D eigenvalue weighted by molar-refractivity contribution is 0.699. The summed E-state index contributed by atoms with van der Waals surface area (Å²) in [4.78, 5) is 0. The molecule has 0 bridgehead atoms. The first-order valence-corrected chi connectivity index (χ1v) is 5.88. The lowest BCUT2D eigenvalue weighted by Crippen LogP contribution is -2.15. The third kappa shape index (κ3) is 2.86. The largest absolute Gasteiger partial charge is 0.302 e. The summed E-state index contributed by atoms with van der Waals surface area (Å²) < 4.78 is 2.00. The number of nitrogens with zero attached hydrogens (tertiary/aromatic N) is 2. The maximum Gasteiger partial charge on any atom is 0.0669 e. The SMILES string of the molecule is CC#CCNCc1c(CC)nn(C)c1CC. The highest BCUT2D eigenvalue weighted by atomic mass is 15.3. The van der Waals surface area contributed by atoms with E-state index in [2.05, 4.69) is 36.1 Å². The van der Waals surface area contributed by atoms with Gasteiger partial charge in [-0.15, -0.1) is 5.92 Å². The molecule has 0 amide bonds. The van der Waals surface area contributed by atoms with Crippen LogP contribution in [0.4, 0.5) is 0 Å². The minimum Gasteiger partial charge on any atom is -0.302 e. The Kier molecular flexibility index (Phi) is 5.07. The highest BCUT2D eigenvalue weighted by Gasteiger charge is 2.12. The van der Waals surface area contributed by atoms with E-state index >= 15 is 0 Å². The monoisotopic (exact) mass is 219 g/mol. The van der Waals surface area contributed by atoms with E-state index < -0.39 is 0 Å². The number of aryl methyl sites for hydroxylation is 2. The molecule has 1 heterocycles. The fraction of sp³-hybridized carbons (Fsp3) is 0.615. The Morgan fingerprint density at radius 1 is 1.31 bits per heavy atom. The number of nitrogens with one attached hydrogen (secondary N) is 1. The zero-order chi connectivity index (χ0) is 12.0. The van der Waals surface area contributed by atoms with Crippen LogP contribution in [-0.4, -0.2) is 16.3 Å². The average Bonchev–Trinajstić information content (AvgIpc) is 2.60. The average molecular weight is 219 g/mol. The Morgan fingerprint density at radius 3 is 2.62 bits per heavy atom. The summed E-state index contributed by atoms with van der Waals surface area (Å²) in [7, 11) is 2.02. The van der Waals surface area contributed by atoms with E-state index in [0.717, 1.165) is 25.9 Å². The smallest absolute Gasteiger partial charge is 0.0669 e. The molecule has 1 N–H and O–H groups in total. The lowest BCUT2D eigenvalue weighted by atomic mass is 10.1. The number of rotatable bonds is 5. The van der Waals surface area contributed by atoms with Gasteiger partial charge in [-0.25, -0.2) is 0 Å². The maximum absolute atomic E-state index is 4.54. The van der Waals surface area contributed by atoms with E-state index in [0.29, 0.717) is 0 Å². The van der Waals surface area contributed by atoms with Gasteiger partial charge in [-0.2, -0.15) is 5.10 Å². The van der Waals surface area contributed by atoms with Crippen molar-refractivity contribution in [1.82, 2.24) is 15.1 Å². The first-order chi connectivity index (χ1) is 7.74. The van der Waals surface area contributed by atoms with Gasteiger partial charge in [0.2, 0.25) is 0 Å². The second kappa shape index (κ2) is 6.34. The van der Waals surface area contributed by atoms with Gasteiger partial charge in [-0.3, -0.25) is 4.68 Å². The predicted octanol–water partition coefficient (Wildman–Crippen LogP) is 1.66. The first kappa shape index (κ1) is 12.8. The molecular formula is C13H21N3. The summed E-state index contributed by atoms with van der Waals surface area (Å²) in [6.45, 7) is 7.80. The lowest BCUT2D eigenvalue weighted by Gasteiger charge is -2.04. The van der Waals surface area contributed by atoms with Crippen molar-refractivity contribution < 1.29 is 0 Å². The molecule has 0 unspecified atom stereocenters. The summed E-state index contributed by atoms with van der Waals surface area (Å²) in [5.41, 5.74) is 3.88. The molecule has 0 saturated carbocycles. The summed E-state index contributed by atoms with van der Waals surface area (Å²) in [5.74, 6) is 5.89. The van der Waals surface area contributed by atoms with Crippen LogP contribution >= 0.6 is 0 Å². The van der Waals surface area contributed by atoms with Gasteiger partial charge in [-0.1, -0.05) is 19.8 Å². The molecule has 0 spiro atoms. The molecule has 1 rings (SSSR count). The van der Waals surface area contributed by atoms with Crippen LogP contribution in [0.25, 0.3) is 0 Å². The van der Waals surface area contributed by atoms with Crippen molar-refractivity contribution in [1.29, 1.82) is 0 Å². The maximum atomic E-state index is 4.54. The normalized spacial score (nSPS) is 10.0. The van der Waals surface area contributed by atoms with Crippen LogP contribution in [0.3, 0.4) is 0 Å². The topological polar surface area (TPSA) is 29.9 Å². The van der Waals surface area contributed by atoms with Gasteiger partial charge < -0.3 is 5.32 Å². The van der Waals surface area contributed by atoms with Gasteiger partial charge >= 0.3 is 0 Å². The van der Waals surface area contributed by atoms with E-state index in [1.54, 1.807) is 0 Å². The van der Waals surface area contributed by atoms with Crippen LogP contribution in [-0.2, 0) is 26.4 Å². The zero-order valence-corrected chi connectivity index (χ0v) is 10.7. The molecule has 1 aromatic heterocycles. The molecule has 0 fully saturated rings. The summed E-state index contributed by atoms with van der Waals surface area (Å²) >= 11 is 0. The van der Waals surface area contributed by atoms with Crippen molar-refractivity contribution in [2.24, 2.45) is 7.05 Å². The van der Waals surface area contributed by atoms with Crippen LogP contribution < -0.4 is 5.32 Å². The van der Waals surface area contributed by atoms with Crippen molar-refractivity contribution in [3.05, 3.63) is 17.0 Å². The molecule has 0 aliphatic rings. The predicted molar refractivity (Wildman–Crippen MR) is 67.1 cm³/mol. The van der Waals surface area contributed by atoms with E-state index in [1.165, 1.54) is 17.0 Å². The molecule has 0 saturated heterocycles. The molecule has 3 nitrogen and oxygen atoms in total. The second-order valence-corrected chi connectivity index (χ2v) is 3.73. The Bertz CT molecular complexity index is 393. The van der Waals surface area contributed by atoms with Gasteiger partial charge in [0, 0.05) is 24.8 Å². The molecule has 0 aliphatic heterocycles. The van der Waals surface area contributed by atoms with Gasteiger partial charge in [0.1, 0.15) is 0 Å². The van der Waals surface area contributed by atoms with Crippen LogP contribution in [0.5, 0.6) is 0 Å². The molecule has 0 aromatic carbocycles. The van der Waals surface area contributed by atoms with Gasteiger partial charge in [-0.05, 0) is 19.8 Å². The first-order valence-electron chi connectivity index (χ1n) is 5.88. The molecule has 0 atom stereocenters. The van der Waals surface area contributed by atoms with E-state index in [9.17, 15) is 0 Å². The number of aromatic nitrogens is 2. The summed E-state index contributed by atoms with van der Waals surface area (Å²) in [6.07, 6.45) is 2.02. The molecular weight excluding hydrogens is 198 g/mol. The highest BCUT2D eigenvalue weighted by molar-refractivity contribution is 5.26.